The Morgan fingerprint density at radius 2 is 1.58 bits per heavy atom. The van der Waals surface area contributed by atoms with Gasteiger partial charge in [0.25, 0.3) is 0 Å². The molecule has 2 saturated carbocycles. The van der Waals surface area contributed by atoms with E-state index in [0.29, 0.717) is 5.56 Å². The molecule has 55 heavy (non-hydrogen) atoms. The lowest BCUT2D eigenvalue weighted by Crippen LogP contribution is -2.81. The molecular weight excluding hydrogens is 718 g/mol. The van der Waals surface area contributed by atoms with Crippen molar-refractivity contribution < 1.29 is 68.1 Å². The van der Waals surface area contributed by atoms with Gasteiger partial charge in [-0.25, -0.2) is 14.4 Å². The summed E-state index contributed by atoms with van der Waals surface area (Å²) in [5, 5.41) is 51.1. The fraction of sp³-hybridized carbons (Fsp3) is 0.525. The molecule has 2 aromatic carbocycles. The molecule has 4 aliphatic rings. The predicted octanol–water partition coefficient (Wildman–Crippen LogP) is 2.09. The number of Topliss-reactive ketones (excluding diaryl/α,β-unsaturated/α-hetero) is 1. The minimum absolute atomic E-state index is 0.0630. The lowest BCUT2D eigenvalue weighted by Gasteiger charge is -2.67. The maximum atomic E-state index is 14.9. The number of hydrogen-bond acceptors (Lipinski definition) is 14. The van der Waals surface area contributed by atoms with E-state index in [-0.39, 0.29) is 29.7 Å². The predicted molar refractivity (Wildman–Crippen MR) is 190 cm³/mol. The van der Waals surface area contributed by atoms with E-state index in [1.807, 2.05) is 0 Å². The van der Waals surface area contributed by atoms with Crippen molar-refractivity contribution in [2.45, 2.75) is 101 Å². The summed E-state index contributed by atoms with van der Waals surface area (Å²) in [5.41, 5.74) is -7.19. The molecule has 1 saturated heterocycles. The van der Waals surface area contributed by atoms with Crippen LogP contribution in [0.25, 0.3) is 0 Å². The zero-order chi connectivity index (χ0) is 40.2. The summed E-state index contributed by atoms with van der Waals surface area (Å²) in [6, 6.07) is 14.6. The molecule has 15 nitrogen and oxygen atoms in total. The summed E-state index contributed by atoms with van der Waals surface area (Å²) in [7, 11) is 1.11. The van der Waals surface area contributed by atoms with Crippen LogP contribution < -0.4 is 5.32 Å². The number of carbonyl (C=O) groups excluding carboxylic acids is 5. The van der Waals surface area contributed by atoms with Gasteiger partial charge in [-0.15, -0.1) is 0 Å². The number of methoxy groups -OCH3 is 1. The Morgan fingerprint density at radius 1 is 0.964 bits per heavy atom. The van der Waals surface area contributed by atoms with Crippen molar-refractivity contribution >= 4 is 29.8 Å². The van der Waals surface area contributed by atoms with Gasteiger partial charge in [-0.05, 0) is 42.7 Å². The number of benzene rings is 2. The zero-order valence-corrected chi connectivity index (χ0v) is 31.4. The molecule has 0 unspecified atom stereocenters. The van der Waals surface area contributed by atoms with E-state index >= 15 is 0 Å². The van der Waals surface area contributed by atoms with Crippen LogP contribution in [0.5, 0.6) is 0 Å². The molecule has 6 rings (SSSR count). The minimum Gasteiger partial charge on any atom is -0.456 e. The van der Waals surface area contributed by atoms with Crippen LogP contribution in [0.15, 0.2) is 71.8 Å². The number of ether oxygens (including phenoxy) is 5. The normalized spacial score (nSPS) is 34.5. The molecule has 2 aromatic rings. The van der Waals surface area contributed by atoms with Crippen LogP contribution in [0.3, 0.4) is 0 Å². The van der Waals surface area contributed by atoms with Gasteiger partial charge in [0, 0.05) is 25.2 Å². The first-order valence-corrected chi connectivity index (χ1v) is 18.0. The maximum absolute atomic E-state index is 14.9. The van der Waals surface area contributed by atoms with Gasteiger partial charge in [-0.3, -0.25) is 9.59 Å². The number of fused-ring (bicyclic) bond motifs is 5. The summed E-state index contributed by atoms with van der Waals surface area (Å²) in [6.07, 6.45) is -11.4. The molecular formula is C40H47NO14. The fourth-order valence-corrected chi connectivity index (χ4v) is 9.31. The van der Waals surface area contributed by atoms with Crippen molar-refractivity contribution in [3.8, 4) is 0 Å². The number of esters is 3. The molecule has 2 bridgehead atoms. The summed E-state index contributed by atoms with van der Waals surface area (Å²) in [6.45, 7) is 6.83. The number of rotatable bonds is 8. The third kappa shape index (κ3) is 6.31. The smallest absolute Gasteiger partial charge is 0.407 e. The summed E-state index contributed by atoms with van der Waals surface area (Å²) in [4.78, 5) is 67.9. The number of alkyl carbamates (subject to hydrolysis) is 1. The Hall–Kier alpha value is -4.67. The van der Waals surface area contributed by atoms with E-state index in [2.05, 4.69) is 5.32 Å². The van der Waals surface area contributed by atoms with E-state index in [4.69, 9.17) is 23.7 Å². The van der Waals surface area contributed by atoms with Crippen molar-refractivity contribution in [2.75, 3.05) is 13.7 Å². The van der Waals surface area contributed by atoms with Crippen LogP contribution in [-0.2, 0) is 38.1 Å². The quantitative estimate of drug-likeness (QED) is 0.148. The zero-order valence-electron chi connectivity index (χ0n) is 31.4. The van der Waals surface area contributed by atoms with Gasteiger partial charge in [0.15, 0.2) is 17.5 Å². The summed E-state index contributed by atoms with van der Waals surface area (Å²) < 4.78 is 28.7. The Bertz CT molecular complexity index is 1880. The minimum atomic E-state index is -2.34. The van der Waals surface area contributed by atoms with Crippen LogP contribution in [0, 0.1) is 16.7 Å². The highest BCUT2D eigenvalue weighted by Crippen LogP contribution is 2.64. The van der Waals surface area contributed by atoms with Crippen LogP contribution in [0.1, 0.15) is 69.4 Å². The van der Waals surface area contributed by atoms with Gasteiger partial charge in [0.1, 0.15) is 30.0 Å². The number of amides is 1. The first kappa shape index (κ1) is 40.0. The van der Waals surface area contributed by atoms with Gasteiger partial charge in [0.05, 0.1) is 42.8 Å². The third-order valence-electron chi connectivity index (χ3n) is 12.4. The van der Waals surface area contributed by atoms with E-state index in [9.17, 15) is 44.4 Å². The monoisotopic (exact) mass is 765 g/mol. The number of hydrogen-bond donors (Lipinski definition) is 5. The molecule has 1 aliphatic heterocycles. The molecule has 0 radical (unpaired) electrons. The Morgan fingerprint density at radius 3 is 2.15 bits per heavy atom. The molecule has 0 aromatic heterocycles. The highest BCUT2D eigenvalue weighted by molar-refractivity contribution is 5.94. The summed E-state index contributed by atoms with van der Waals surface area (Å²) in [5.74, 6) is -5.36. The van der Waals surface area contributed by atoms with Gasteiger partial charge in [-0.1, -0.05) is 62.4 Å². The second-order valence-corrected chi connectivity index (χ2v) is 15.6. The molecule has 0 spiro atoms. The number of aliphatic hydroxyl groups excluding tert-OH is 3. The standard InChI is InChI=1S/C40H47NO14/c1-20-24(53-35(48)30(45)28(41-36(49)51-6)22-13-9-7-10-14-22)18-40(50)33(54-34(47)23-15-11-8-12-16-23)31-38(5,32(46)29(44)27(20)37(40,3)4)25(43)17-26-39(31,19-52-26)55-21(2)42/h7-16,24-26,28-31,33,43-45,50H,17-19H2,1-6H3,(H,41,49)/t24-,25-,26+,28-,29+,30+,31-,33-,38+,39-,40+/m0/s1. The highest BCUT2D eigenvalue weighted by Gasteiger charge is 2.78. The van der Waals surface area contributed by atoms with Crippen molar-refractivity contribution in [2.24, 2.45) is 16.7 Å². The first-order valence-electron chi connectivity index (χ1n) is 18.0. The Labute approximate surface area is 317 Å². The Balaban J connectivity index is 1.51. The number of aliphatic hydroxyl groups is 4. The second kappa shape index (κ2) is 14.4. The van der Waals surface area contributed by atoms with Gasteiger partial charge < -0.3 is 49.4 Å². The van der Waals surface area contributed by atoms with Gasteiger partial charge in [0.2, 0.25) is 0 Å². The van der Waals surface area contributed by atoms with Gasteiger partial charge in [-0.2, -0.15) is 0 Å². The van der Waals surface area contributed by atoms with E-state index in [1.54, 1.807) is 62.4 Å². The molecule has 1 amide bonds. The third-order valence-corrected chi connectivity index (χ3v) is 12.4. The second-order valence-electron chi connectivity index (χ2n) is 15.6. The molecule has 5 N–H and O–H groups in total. The van der Waals surface area contributed by atoms with Crippen molar-refractivity contribution in [3.05, 3.63) is 82.9 Å². The Kier molecular flexibility index (Phi) is 10.5. The van der Waals surface area contributed by atoms with Crippen molar-refractivity contribution in [1.29, 1.82) is 0 Å². The van der Waals surface area contributed by atoms with Crippen molar-refractivity contribution in [3.63, 3.8) is 0 Å². The van der Waals surface area contributed by atoms with Crippen LogP contribution in [0.2, 0.25) is 0 Å². The first-order chi connectivity index (χ1) is 25.8. The van der Waals surface area contributed by atoms with Crippen LogP contribution in [-0.4, -0.2) is 112 Å². The molecule has 15 heteroatoms. The van der Waals surface area contributed by atoms with Crippen LogP contribution in [0.4, 0.5) is 4.79 Å². The highest BCUT2D eigenvalue weighted by atomic mass is 16.6. The average molecular weight is 766 g/mol. The van der Waals surface area contributed by atoms with E-state index < -0.39 is 107 Å². The molecule has 11 atom stereocenters. The van der Waals surface area contributed by atoms with Crippen molar-refractivity contribution in [1.82, 2.24) is 5.32 Å². The topological polar surface area (TPSA) is 224 Å². The lowest BCUT2D eigenvalue weighted by molar-refractivity contribution is -0.346. The molecule has 1 heterocycles. The molecule has 296 valence electrons. The largest absolute Gasteiger partial charge is 0.456 e. The number of ketones is 1. The number of carbonyl (C=O) groups is 5. The molecule has 3 fully saturated rings. The maximum Gasteiger partial charge on any atom is 0.407 e. The van der Waals surface area contributed by atoms with E-state index in [1.165, 1.54) is 26.0 Å². The average Bonchev–Trinajstić information content (AvgIpc) is 3.15. The van der Waals surface area contributed by atoms with E-state index in [0.717, 1.165) is 14.0 Å². The summed E-state index contributed by atoms with van der Waals surface area (Å²) >= 11 is 0. The molecule has 3 aliphatic carbocycles. The lowest BCUT2D eigenvalue weighted by atomic mass is 9.44. The fourth-order valence-electron chi connectivity index (χ4n) is 9.31. The number of nitrogens with one attached hydrogen (secondary N) is 1. The SMILES string of the molecule is COC(=O)N[C@@H](c1ccccc1)[C@@H](O)C(=O)O[C@H]1C[C@@]2(O)[C@@H](OC(=O)c3ccccc3)[C@@H]3[C@]4(OC(C)=O)CO[C@@H]4C[C@H](O)[C@@]3(C)C(=O)[C@H](O)C(=C1C)C2(C)C. The van der Waals surface area contributed by atoms with Crippen LogP contribution >= 0.6 is 0 Å². The van der Waals surface area contributed by atoms with Gasteiger partial charge >= 0.3 is 24.0 Å².